The number of nitrogens with zero attached hydrogens (tertiary/aromatic N) is 4. The number of sulfonamides is 1. The highest BCUT2D eigenvalue weighted by Gasteiger charge is 2.19. The third-order valence-corrected chi connectivity index (χ3v) is 6.19. The van der Waals surface area contributed by atoms with Crippen LogP contribution in [-0.4, -0.2) is 34.1 Å². The van der Waals surface area contributed by atoms with E-state index in [0.29, 0.717) is 28.5 Å². The topological polar surface area (TPSA) is 136 Å². The molecule has 0 saturated heterocycles. The summed E-state index contributed by atoms with van der Waals surface area (Å²) in [7, 11) is -3.77. The predicted molar refractivity (Wildman–Crippen MR) is 122 cm³/mol. The van der Waals surface area contributed by atoms with Crippen molar-refractivity contribution in [3.8, 4) is 11.1 Å². The SMILES string of the molecule is CCCS(=O)(=O)Nc1ccc(F)c(Nc2ncnc3ccc(-c4cnc(N)nc4)cc23)c1F. The van der Waals surface area contributed by atoms with E-state index in [0.717, 1.165) is 12.1 Å². The van der Waals surface area contributed by atoms with E-state index < -0.39 is 27.3 Å². The summed E-state index contributed by atoms with van der Waals surface area (Å²) >= 11 is 0. The van der Waals surface area contributed by atoms with Crippen molar-refractivity contribution < 1.29 is 17.2 Å². The lowest BCUT2D eigenvalue weighted by atomic mass is 10.1. The van der Waals surface area contributed by atoms with E-state index in [-0.39, 0.29) is 23.2 Å². The minimum atomic E-state index is -3.77. The van der Waals surface area contributed by atoms with Crippen LogP contribution in [0.25, 0.3) is 22.0 Å². The molecule has 0 bridgehead atoms. The molecule has 0 aliphatic rings. The number of hydrogen-bond donors (Lipinski definition) is 3. The van der Waals surface area contributed by atoms with Gasteiger partial charge in [0.05, 0.1) is 17.0 Å². The van der Waals surface area contributed by atoms with E-state index in [4.69, 9.17) is 5.73 Å². The largest absolute Gasteiger partial charge is 0.368 e. The van der Waals surface area contributed by atoms with Gasteiger partial charge in [0.15, 0.2) is 5.82 Å². The first-order valence-electron chi connectivity index (χ1n) is 9.85. The summed E-state index contributed by atoms with van der Waals surface area (Å²) in [6, 6.07) is 7.22. The molecule has 33 heavy (non-hydrogen) atoms. The van der Waals surface area contributed by atoms with Crippen LogP contribution in [0.3, 0.4) is 0 Å². The molecule has 0 aliphatic heterocycles. The third-order valence-electron chi connectivity index (χ3n) is 4.71. The quantitative estimate of drug-likeness (QED) is 0.370. The van der Waals surface area contributed by atoms with Gasteiger partial charge < -0.3 is 11.1 Å². The Morgan fingerprint density at radius 2 is 1.76 bits per heavy atom. The number of benzene rings is 2. The van der Waals surface area contributed by atoms with Crippen molar-refractivity contribution in [2.45, 2.75) is 13.3 Å². The lowest BCUT2D eigenvalue weighted by molar-refractivity contribution is 0.588. The Morgan fingerprint density at radius 1 is 1.00 bits per heavy atom. The summed E-state index contributed by atoms with van der Waals surface area (Å²) in [5.74, 6) is -1.94. The van der Waals surface area contributed by atoms with Gasteiger partial charge in [-0.3, -0.25) is 4.72 Å². The molecule has 0 amide bonds. The first-order valence-corrected chi connectivity index (χ1v) is 11.5. The van der Waals surface area contributed by atoms with Gasteiger partial charge in [0.2, 0.25) is 16.0 Å². The van der Waals surface area contributed by atoms with E-state index in [2.05, 4.69) is 30.0 Å². The van der Waals surface area contributed by atoms with Crippen LogP contribution >= 0.6 is 0 Å². The zero-order valence-corrected chi connectivity index (χ0v) is 18.2. The van der Waals surface area contributed by atoms with Crippen molar-refractivity contribution in [1.29, 1.82) is 0 Å². The molecule has 4 N–H and O–H groups in total. The molecule has 9 nitrogen and oxygen atoms in total. The van der Waals surface area contributed by atoms with Gasteiger partial charge in [-0.2, -0.15) is 0 Å². The van der Waals surface area contributed by atoms with Gasteiger partial charge in [-0.15, -0.1) is 0 Å². The van der Waals surface area contributed by atoms with Gasteiger partial charge in [0.1, 0.15) is 23.6 Å². The second kappa shape index (κ2) is 8.90. The first kappa shape index (κ1) is 22.3. The van der Waals surface area contributed by atoms with E-state index in [1.807, 2.05) is 0 Å². The Hall–Kier alpha value is -3.93. The zero-order valence-electron chi connectivity index (χ0n) is 17.4. The van der Waals surface area contributed by atoms with Crippen LogP contribution in [0.2, 0.25) is 0 Å². The molecule has 2 aromatic carbocycles. The zero-order chi connectivity index (χ0) is 23.6. The van der Waals surface area contributed by atoms with Gasteiger partial charge in [0.25, 0.3) is 0 Å². The van der Waals surface area contributed by atoms with E-state index >= 15 is 4.39 Å². The number of nitrogens with one attached hydrogen (secondary N) is 2. The Kier molecular flexibility index (Phi) is 6.01. The van der Waals surface area contributed by atoms with Crippen molar-refractivity contribution in [2.24, 2.45) is 0 Å². The molecule has 0 radical (unpaired) electrons. The summed E-state index contributed by atoms with van der Waals surface area (Å²) in [6.45, 7) is 1.68. The van der Waals surface area contributed by atoms with Gasteiger partial charge in [-0.1, -0.05) is 13.0 Å². The van der Waals surface area contributed by atoms with Crippen molar-refractivity contribution >= 4 is 44.1 Å². The van der Waals surface area contributed by atoms with Crippen molar-refractivity contribution in [1.82, 2.24) is 19.9 Å². The molecule has 4 aromatic rings. The molecule has 0 unspecified atom stereocenters. The molecule has 0 spiro atoms. The molecule has 0 fully saturated rings. The van der Waals surface area contributed by atoms with Crippen LogP contribution < -0.4 is 15.8 Å². The average Bonchev–Trinajstić information content (AvgIpc) is 2.79. The standard InChI is InChI=1S/C21H19F2N7O2S/c1-2-7-33(31,32)30-17-6-4-15(22)19(18(17)23)29-20-14-8-12(3-5-16(14)27-11-28-20)13-9-25-21(24)26-10-13/h3-6,8-11,30H,2,7H2,1H3,(H2,24,25,26)(H,27,28,29). The summed E-state index contributed by atoms with van der Waals surface area (Å²) < 4.78 is 55.8. The Balaban J connectivity index is 1.75. The van der Waals surface area contributed by atoms with Gasteiger partial charge in [-0.25, -0.2) is 37.1 Å². The first-order chi connectivity index (χ1) is 15.8. The maximum absolute atomic E-state index is 15.1. The molecule has 0 saturated carbocycles. The summed E-state index contributed by atoms with van der Waals surface area (Å²) in [6.07, 6.45) is 4.69. The Bertz CT molecular complexity index is 1430. The molecule has 2 heterocycles. The van der Waals surface area contributed by atoms with Crippen molar-refractivity contribution in [3.63, 3.8) is 0 Å². The smallest absolute Gasteiger partial charge is 0.232 e. The Morgan fingerprint density at radius 3 is 2.48 bits per heavy atom. The van der Waals surface area contributed by atoms with Gasteiger partial charge in [0, 0.05) is 23.3 Å². The maximum Gasteiger partial charge on any atom is 0.232 e. The van der Waals surface area contributed by atoms with E-state index in [1.165, 1.54) is 6.33 Å². The van der Waals surface area contributed by atoms with Crippen LogP contribution in [0.1, 0.15) is 13.3 Å². The highest BCUT2D eigenvalue weighted by atomic mass is 32.2. The molecule has 0 aliphatic carbocycles. The Labute approximate surface area is 188 Å². The molecule has 12 heteroatoms. The molecular formula is C21H19F2N7O2S. The van der Waals surface area contributed by atoms with Crippen LogP contribution in [0.4, 0.5) is 31.9 Å². The van der Waals surface area contributed by atoms with Gasteiger partial charge >= 0.3 is 0 Å². The normalized spacial score (nSPS) is 11.5. The van der Waals surface area contributed by atoms with Crippen LogP contribution in [-0.2, 0) is 10.0 Å². The van der Waals surface area contributed by atoms with Crippen molar-refractivity contribution in [3.05, 3.63) is 60.7 Å². The van der Waals surface area contributed by atoms with Gasteiger partial charge in [-0.05, 0) is 36.2 Å². The van der Waals surface area contributed by atoms with Crippen LogP contribution in [0.15, 0.2) is 49.1 Å². The monoisotopic (exact) mass is 471 g/mol. The minimum Gasteiger partial charge on any atom is -0.368 e. The minimum absolute atomic E-state index is 0.129. The number of fused-ring (bicyclic) bond motifs is 1. The number of rotatable bonds is 7. The second-order valence-electron chi connectivity index (χ2n) is 7.11. The third kappa shape index (κ3) is 4.80. The van der Waals surface area contributed by atoms with Crippen LogP contribution in [0.5, 0.6) is 0 Å². The number of halogens is 2. The highest BCUT2D eigenvalue weighted by molar-refractivity contribution is 7.92. The second-order valence-corrected chi connectivity index (χ2v) is 8.96. The molecule has 4 rings (SSSR count). The van der Waals surface area contributed by atoms with E-state index in [9.17, 15) is 12.8 Å². The molecular weight excluding hydrogens is 452 g/mol. The number of aromatic nitrogens is 4. The highest BCUT2D eigenvalue weighted by Crippen LogP contribution is 2.32. The molecule has 0 atom stereocenters. The van der Waals surface area contributed by atoms with Crippen molar-refractivity contribution in [2.75, 3.05) is 21.5 Å². The predicted octanol–water partition coefficient (Wildman–Crippen LogP) is 3.84. The number of nitrogens with two attached hydrogens (primary N) is 1. The average molecular weight is 471 g/mol. The fraction of sp³-hybridized carbons (Fsp3) is 0.143. The number of anilines is 4. The molecule has 170 valence electrons. The number of hydrogen-bond acceptors (Lipinski definition) is 8. The molecule has 2 aromatic heterocycles. The fourth-order valence-electron chi connectivity index (χ4n) is 3.17. The number of nitrogen functional groups attached to an aromatic ring is 1. The summed E-state index contributed by atoms with van der Waals surface area (Å²) in [5.41, 5.74) is 6.52. The maximum atomic E-state index is 15.1. The summed E-state index contributed by atoms with van der Waals surface area (Å²) in [5, 5.41) is 3.12. The summed E-state index contributed by atoms with van der Waals surface area (Å²) in [4.78, 5) is 16.2. The lowest BCUT2D eigenvalue weighted by Crippen LogP contribution is -2.17. The fourth-order valence-corrected chi connectivity index (χ4v) is 4.31. The van der Waals surface area contributed by atoms with Crippen LogP contribution in [0, 0.1) is 11.6 Å². The lowest BCUT2D eigenvalue weighted by Gasteiger charge is -2.14. The van der Waals surface area contributed by atoms with E-state index in [1.54, 1.807) is 37.5 Å².